The van der Waals surface area contributed by atoms with Crippen molar-refractivity contribution in [3.8, 4) is 17.1 Å². The zero-order chi connectivity index (χ0) is 20.0. The summed E-state index contributed by atoms with van der Waals surface area (Å²) < 4.78 is 37.6. The van der Waals surface area contributed by atoms with Crippen molar-refractivity contribution in [3.05, 3.63) is 46.7 Å². The first kappa shape index (κ1) is 18.5. The Hall–Kier alpha value is -2.90. The highest BCUT2D eigenvalue weighted by Gasteiger charge is 2.32. The fraction of sp³-hybridized carbons (Fsp3) is 0.400. The number of ether oxygens (including phenoxy) is 1. The molecular weight excluding hydrogens is 364 g/mol. The number of nitrogen functional groups attached to an aromatic ring is 1. The van der Waals surface area contributed by atoms with E-state index in [1.807, 2.05) is 6.92 Å². The van der Waals surface area contributed by atoms with Crippen molar-refractivity contribution in [1.82, 2.24) is 19.6 Å². The van der Waals surface area contributed by atoms with Crippen LogP contribution in [0.2, 0.25) is 0 Å². The van der Waals surface area contributed by atoms with Crippen molar-refractivity contribution in [3.63, 3.8) is 0 Å². The van der Waals surface area contributed by atoms with Gasteiger partial charge in [-0.3, -0.25) is 9.36 Å². The average molecular weight is 387 g/mol. The van der Waals surface area contributed by atoms with Crippen LogP contribution >= 0.6 is 0 Å². The molecule has 0 unspecified atom stereocenters. The van der Waals surface area contributed by atoms with E-state index in [2.05, 4.69) is 10.2 Å². The van der Waals surface area contributed by atoms with Crippen LogP contribution in [-0.4, -0.2) is 26.2 Å². The number of aromatic nitrogens is 4. The molecule has 0 aliphatic heterocycles. The molecule has 0 amide bonds. The highest BCUT2D eigenvalue weighted by Crippen LogP contribution is 2.44. The maximum Gasteiger partial charge on any atom is 0.134 e. The monoisotopic (exact) mass is 387 g/mol. The Kier molecular flexibility index (Phi) is 4.56. The Morgan fingerprint density at radius 1 is 1.18 bits per heavy atom. The van der Waals surface area contributed by atoms with Crippen molar-refractivity contribution in [2.45, 2.75) is 39.2 Å². The second-order valence-corrected chi connectivity index (χ2v) is 7.17. The van der Waals surface area contributed by atoms with Gasteiger partial charge in [0.05, 0.1) is 13.2 Å². The SMILES string of the molecule is CCOc1cc(F)c(Cn2nc(-c3cc(N)n(C)n3)c(C)c2C2CC2)c(F)c1. The molecule has 1 aromatic carbocycles. The van der Waals surface area contributed by atoms with Crippen LogP contribution in [0.1, 0.15) is 42.5 Å². The molecule has 2 heterocycles. The number of hydrogen-bond acceptors (Lipinski definition) is 4. The van der Waals surface area contributed by atoms with E-state index in [-0.39, 0.29) is 17.9 Å². The summed E-state index contributed by atoms with van der Waals surface area (Å²) >= 11 is 0. The standard InChI is InChI=1S/C20H23F2N5O/c1-4-28-13-7-15(21)14(16(22)8-13)10-27-20(12-5-6-12)11(2)19(25-27)17-9-18(23)26(3)24-17/h7-9,12H,4-6,10,23H2,1-3H3. The van der Waals surface area contributed by atoms with Crippen LogP contribution in [0, 0.1) is 18.6 Å². The number of nitrogens with zero attached hydrogens (tertiary/aromatic N) is 4. The van der Waals surface area contributed by atoms with E-state index in [0.29, 0.717) is 29.7 Å². The Morgan fingerprint density at radius 3 is 2.39 bits per heavy atom. The smallest absolute Gasteiger partial charge is 0.134 e. The molecular formula is C20H23F2N5O. The van der Waals surface area contributed by atoms with Crippen LogP contribution in [0.3, 0.4) is 0 Å². The second-order valence-electron chi connectivity index (χ2n) is 7.17. The number of nitrogens with two attached hydrogens (primary N) is 1. The minimum absolute atomic E-state index is 0.0130. The molecule has 2 N–H and O–H groups in total. The minimum Gasteiger partial charge on any atom is -0.494 e. The molecule has 1 fully saturated rings. The molecule has 0 radical (unpaired) electrons. The van der Waals surface area contributed by atoms with E-state index in [1.165, 1.54) is 12.1 Å². The summed E-state index contributed by atoms with van der Waals surface area (Å²) in [7, 11) is 1.76. The first-order chi connectivity index (χ1) is 13.4. The molecule has 0 atom stereocenters. The van der Waals surface area contributed by atoms with Gasteiger partial charge < -0.3 is 10.5 Å². The van der Waals surface area contributed by atoms with Gasteiger partial charge in [0.25, 0.3) is 0 Å². The highest BCUT2D eigenvalue weighted by molar-refractivity contribution is 5.63. The third-order valence-electron chi connectivity index (χ3n) is 5.09. The maximum atomic E-state index is 14.6. The fourth-order valence-electron chi connectivity index (χ4n) is 3.53. The van der Waals surface area contributed by atoms with Gasteiger partial charge in [-0.25, -0.2) is 8.78 Å². The lowest BCUT2D eigenvalue weighted by Crippen LogP contribution is -2.10. The molecule has 0 bridgehead atoms. The van der Waals surface area contributed by atoms with Gasteiger partial charge in [-0.2, -0.15) is 10.2 Å². The summed E-state index contributed by atoms with van der Waals surface area (Å²) in [6, 6.07) is 4.19. The molecule has 8 heteroatoms. The molecule has 1 aliphatic carbocycles. The van der Waals surface area contributed by atoms with Crippen molar-refractivity contribution in [2.24, 2.45) is 7.05 Å². The van der Waals surface area contributed by atoms with Crippen molar-refractivity contribution in [2.75, 3.05) is 12.3 Å². The Labute approximate surface area is 161 Å². The van der Waals surface area contributed by atoms with E-state index in [0.717, 1.165) is 24.1 Å². The number of halogens is 2. The van der Waals surface area contributed by atoms with Crippen LogP contribution < -0.4 is 10.5 Å². The number of rotatable bonds is 6. The maximum absolute atomic E-state index is 14.6. The second kappa shape index (κ2) is 6.92. The largest absolute Gasteiger partial charge is 0.494 e. The van der Waals surface area contributed by atoms with Crippen LogP contribution in [0.5, 0.6) is 5.75 Å². The normalized spacial score (nSPS) is 13.9. The average Bonchev–Trinajstić information content (AvgIpc) is 3.33. The minimum atomic E-state index is -0.637. The zero-order valence-corrected chi connectivity index (χ0v) is 16.2. The molecule has 1 aliphatic rings. The van der Waals surface area contributed by atoms with Gasteiger partial charge in [0.15, 0.2) is 0 Å². The van der Waals surface area contributed by atoms with Crippen LogP contribution in [0.15, 0.2) is 18.2 Å². The number of benzene rings is 1. The predicted molar refractivity (Wildman–Crippen MR) is 102 cm³/mol. The lowest BCUT2D eigenvalue weighted by molar-refractivity contribution is 0.335. The van der Waals surface area contributed by atoms with Gasteiger partial charge >= 0.3 is 0 Å². The van der Waals surface area contributed by atoms with E-state index >= 15 is 0 Å². The van der Waals surface area contributed by atoms with Crippen molar-refractivity contribution < 1.29 is 13.5 Å². The quantitative estimate of drug-likeness (QED) is 0.699. The topological polar surface area (TPSA) is 70.9 Å². The molecule has 0 spiro atoms. The molecule has 148 valence electrons. The van der Waals surface area contributed by atoms with Gasteiger partial charge in [-0.15, -0.1) is 0 Å². The highest BCUT2D eigenvalue weighted by atomic mass is 19.1. The number of aryl methyl sites for hydroxylation is 1. The van der Waals surface area contributed by atoms with Crippen molar-refractivity contribution >= 4 is 5.82 Å². The molecule has 6 nitrogen and oxygen atoms in total. The Morgan fingerprint density at radius 2 is 1.86 bits per heavy atom. The summed E-state index contributed by atoms with van der Waals surface area (Å²) in [4.78, 5) is 0. The summed E-state index contributed by atoms with van der Waals surface area (Å²) in [5.41, 5.74) is 9.21. The summed E-state index contributed by atoms with van der Waals surface area (Å²) in [6.45, 7) is 4.10. The van der Waals surface area contributed by atoms with Gasteiger partial charge in [0, 0.05) is 48.0 Å². The van der Waals surface area contributed by atoms with Crippen LogP contribution in [-0.2, 0) is 13.6 Å². The third-order valence-corrected chi connectivity index (χ3v) is 5.09. The van der Waals surface area contributed by atoms with E-state index in [9.17, 15) is 8.78 Å². The zero-order valence-electron chi connectivity index (χ0n) is 16.2. The molecule has 4 rings (SSSR count). The predicted octanol–water partition coefficient (Wildman–Crippen LogP) is 3.78. The van der Waals surface area contributed by atoms with Crippen molar-refractivity contribution in [1.29, 1.82) is 0 Å². The molecule has 2 aromatic heterocycles. The van der Waals surface area contributed by atoms with Crippen LogP contribution in [0.4, 0.5) is 14.6 Å². The molecule has 28 heavy (non-hydrogen) atoms. The Balaban J connectivity index is 1.75. The van der Waals surface area contributed by atoms with Gasteiger partial charge in [0.1, 0.15) is 34.6 Å². The number of anilines is 1. The van der Waals surface area contributed by atoms with Gasteiger partial charge in [0.2, 0.25) is 0 Å². The summed E-state index contributed by atoms with van der Waals surface area (Å²) in [5.74, 6) is -0.203. The first-order valence-electron chi connectivity index (χ1n) is 9.37. The fourth-order valence-corrected chi connectivity index (χ4v) is 3.53. The van der Waals surface area contributed by atoms with E-state index in [4.69, 9.17) is 10.5 Å². The van der Waals surface area contributed by atoms with E-state index < -0.39 is 11.6 Å². The van der Waals surface area contributed by atoms with Crippen LogP contribution in [0.25, 0.3) is 11.4 Å². The molecule has 3 aromatic rings. The Bertz CT molecular complexity index is 993. The summed E-state index contributed by atoms with van der Waals surface area (Å²) in [6.07, 6.45) is 2.09. The van der Waals surface area contributed by atoms with Gasteiger partial charge in [-0.05, 0) is 26.7 Å². The molecule has 1 saturated carbocycles. The first-order valence-corrected chi connectivity index (χ1v) is 9.37. The lowest BCUT2D eigenvalue weighted by Gasteiger charge is -2.11. The summed E-state index contributed by atoms with van der Waals surface area (Å²) in [5, 5.41) is 9.05. The van der Waals surface area contributed by atoms with E-state index in [1.54, 1.807) is 29.4 Å². The third kappa shape index (κ3) is 3.23. The molecule has 0 saturated heterocycles. The lowest BCUT2D eigenvalue weighted by atomic mass is 10.1. The van der Waals surface area contributed by atoms with Gasteiger partial charge in [-0.1, -0.05) is 0 Å². The number of hydrogen-bond donors (Lipinski definition) is 1.